The van der Waals surface area contributed by atoms with E-state index < -0.39 is 17.2 Å². The first-order chi connectivity index (χ1) is 11.7. The molecule has 8 heteroatoms. The highest BCUT2D eigenvalue weighted by Gasteiger charge is 2.32. The van der Waals surface area contributed by atoms with Crippen molar-refractivity contribution in [2.75, 3.05) is 11.9 Å². The number of nitrogens with one attached hydrogen (secondary N) is 1. The normalized spacial score (nSPS) is 12.6. The zero-order valence-electron chi connectivity index (χ0n) is 14.1. The molecule has 0 saturated carbocycles. The predicted octanol–water partition coefficient (Wildman–Crippen LogP) is 3.84. The van der Waals surface area contributed by atoms with Crippen LogP contribution < -0.4 is 5.32 Å². The van der Waals surface area contributed by atoms with Crippen molar-refractivity contribution < 1.29 is 13.2 Å². The van der Waals surface area contributed by atoms with Gasteiger partial charge in [0.2, 0.25) is 0 Å². The summed E-state index contributed by atoms with van der Waals surface area (Å²) in [6, 6.07) is 8.97. The molecular weight excluding hydrogens is 331 g/mol. The third kappa shape index (κ3) is 3.57. The van der Waals surface area contributed by atoms with Crippen LogP contribution in [0.15, 0.2) is 36.4 Å². The quantitative estimate of drug-likeness (QED) is 0.777. The molecule has 0 spiro atoms. The summed E-state index contributed by atoms with van der Waals surface area (Å²) in [4.78, 5) is 0. The summed E-state index contributed by atoms with van der Waals surface area (Å²) in [5, 5.41) is 15.5. The lowest BCUT2D eigenvalue weighted by Gasteiger charge is -2.26. The number of halogens is 3. The molecular formula is C17H18F3N5. The number of hydrogen-bond donors (Lipinski definition) is 1. The molecule has 3 rings (SSSR count). The van der Waals surface area contributed by atoms with E-state index in [1.165, 1.54) is 12.1 Å². The van der Waals surface area contributed by atoms with Crippen molar-refractivity contribution in [2.45, 2.75) is 32.4 Å². The van der Waals surface area contributed by atoms with Gasteiger partial charge in [0.1, 0.15) is 5.82 Å². The first-order valence-corrected chi connectivity index (χ1v) is 7.77. The van der Waals surface area contributed by atoms with Crippen LogP contribution in [0.25, 0.3) is 5.65 Å². The molecule has 3 aromatic rings. The molecule has 5 nitrogen and oxygen atoms in total. The minimum atomic E-state index is -4.35. The number of aryl methyl sites for hydroxylation is 1. The van der Waals surface area contributed by atoms with E-state index in [9.17, 15) is 13.2 Å². The van der Waals surface area contributed by atoms with Gasteiger partial charge in [-0.05, 0) is 30.7 Å². The topological polar surface area (TPSA) is 55.1 Å². The highest BCUT2D eigenvalue weighted by molar-refractivity contribution is 5.44. The van der Waals surface area contributed by atoms with E-state index in [-0.39, 0.29) is 0 Å². The van der Waals surface area contributed by atoms with Crippen molar-refractivity contribution in [2.24, 2.45) is 0 Å². The highest BCUT2D eigenvalue weighted by atomic mass is 19.4. The van der Waals surface area contributed by atoms with E-state index in [0.29, 0.717) is 29.4 Å². The monoisotopic (exact) mass is 349 g/mol. The van der Waals surface area contributed by atoms with Crippen LogP contribution in [0.5, 0.6) is 0 Å². The van der Waals surface area contributed by atoms with Gasteiger partial charge in [0.05, 0.1) is 5.56 Å². The maximum absolute atomic E-state index is 12.9. The number of fused-ring (bicyclic) bond motifs is 1. The molecule has 25 heavy (non-hydrogen) atoms. The number of rotatable bonds is 4. The first kappa shape index (κ1) is 17.2. The molecule has 1 aromatic carbocycles. The summed E-state index contributed by atoms with van der Waals surface area (Å²) < 4.78 is 40.4. The third-order valence-electron chi connectivity index (χ3n) is 4.10. The van der Waals surface area contributed by atoms with Crippen LogP contribution in [-0.2, 0) is 11.6 Å². The SMILES string of the molecule is Cc1nnc2ccc(NCC(C)(C)c3cccc(C(F)(F)F)c3)nn12. The summed E-state index contributed by atoms with van der Waals surface area (Å²) in [6.45, 7) is 5.99. The van der Waals surface area contributed by atoms with Crippen LogP contribution in [0.3, 0.4) is 0 Å². The van der Waals surface area contributed by atoms with Crippen molar-refractivity contribution in [3.63, 3.8) is 0 Å². The molecule has 0 radical (unpaired) electrons. The van der Waals surface area contributed by atoms with E-state index in [2.05, 4.69) is 20.6 Å². The molecule has 0 aliphatic rings. The third-order valence-corrected chi connectivity index (χ3v) is 4.10. The average Bonchev–Trinajstić information content (AvgIpc) is 2.93. The Balaban J connectivity index is 1.79. The molecule has 1 N–H and O–H groups in total. The molecule has 0 unspecified atom stereocenters. The molecule has 0 atom stereocenters. The number of anilines is 1. The fourth-order valence-corrected chi connectivity index (χ4v) is 2.52. The predicted molar refractivity (Wildman–Crippen MR) is 88.5 cm³/mol. The molecule has 0 bridgehead atoms. The second kappa shape index (κ2) is 6.02. The fraction of sp³-hybridized carbons (Fsp3) is 0.353. The van der Waals surface area contributed by atoms with Crippen molar-refractivity contribution >= 4 is 11.5 Å². The lowest BCUT2D eigenvalue weighted by molar-refractivity contribution is -0.137. The molecule has 0 aliphatic heterocycles. The molecule has 0 amide bonds. The number of aromatic nitrogens is 4. The Morgan fingerprint density at radius 3 is 2.48 bits per heavy atom. The van der Waals surface area contributed by atoms with E-state index >= 15 is 0 Å². The molecule has 0 aliphatic carbocycles. The van der Waals surface area contributed by atoms with Crippen LogP contribution in [0, 0.1) is 6.92 Å². The molecule has 0 fully saturated rings. The van der Waals surface area contributed by atoms with Gasteiger partial charge in [-0.1, -0.05) is 32.0 Å². The van der Waals surface area contributed by atoms with Crippen LogP contribution in [-0.4, -0.2) is 26.4 Å². The minimum Gasteiger partial charge on any atom is -0.368 e. The summed E-state index contributed by atoms with van der Waals surface area (Å²) in [7, 11) is 0. The van der Waals surface area contributed by atoms with Crippen molar-refractivity contribution in [3.05, 3.63) is 53.3 Å². The number of hydrogen-bond acceptors (Lipinski definition) is 4. The van der Waals surface area contributed by atoms with Gasteiger partial charge in [0, 0.05) is 12.0 Å². The number of nitrogens with zero attached hydrogens (tertiary/aromatic N) is 4. The Morgan fingerprint density at radius 2 is 1.76 bits per heavy atom. The Labute approximate surface area is 142 Å². The van der Waals surface area contributed by atoms with Crippen molar-refractivity contribution in [3.8, 4) is 0 Å². The number of benzene rings is 1. The molecule has 0 saturated heterocycles. The van der Waals surface area contributed by atoms with Crippen molar-refractivity contribution in [1.29, 1.82) is 0 Å². The van der Waals surface area contributed by atoms with E-state index in [1.807, 2.05) is 13.8 Å². The molecule has 2 aromatic heterocycles. The summed E-state index contributed by atoms with van der Waals surface area (Å²) in [5.41, 5.74) is 0.0921. The Morgan fingerprint density at radius 1 is 1.04 bits per heavy atom. The van der Waals surface area contributed by atoms with E-state index in [0.717, 1.165) is 6.07 Å². The van der Waals surface area contributed by atoms with Gasteiger partial charge in [0.25, 0.3) is 0 Å². The summed E-state index contributed by atoms with van der Waals surface area (Å²) in [6.07, 6.45) is -4.35. The van der Waals surface area contributed by atoms with Gasteiger partial charge in [0.15, 0.2) is 11.5 Å². The minimum absolute atomic E-state index is 0.425. The highest BCUT2D eigenvalue weighted by Crippen LogP contribution is 2.32. The van der Waals surface area contributed by atoms with Gasteiger partial charge in [-0.2, -0.15) is 17.7 Å². The lowest BCUT2D eigenvalue weighted by Crippen LogP contribution is -2.28. The Kier molecular flexibility index (Phi) is 4.14. The Bertz CT molecular complexity index is 899. The van der Waals surface area contributed by atoms with Crippen molar-refractivity contribution in [1.82, 2.24) is 19.8 Å². The van der Waals surface area contributed by atoms with Gasteiger partial charge < -0.3 is 5.32 Å². The van der Waals surface area contributed by atoms with Gasteiger partial charge in [-0.15, -0.1) is 15.3 Å². The first-order valence-electron chi connectivity index (χ1n) is 7.77. The second-order valence-corrected chi connectivity index (χ2v) is 6.55. The van der Waals surface area contributed by atoms with E-state index in [1.54, 1.807) is 29.6 Å². The van der Waals surface area contributed by atoms with Crippen LogP contribution >= 0.6 is 0 Å². The van der Waals surface area contributed by atoms with Crippen LogP contribution in [0.4, 0.5) is 19.0 Å². The second-order valence-electron chi connectivity index (χ2n) is 6.55. The standard InChI is InChI=1S/C17H18F3N5/c1-11-22-23-15-8-7-14(24-25(11)15)21-10-16(2,3)12-5-4-6-13(9-12)17(18,19)20/h4-9H,10H2,1-3H3,(H,21,24). The average molecular weight is 349 g/mol. The van der Waals surface area contributed by atoms with Gasteiger partial charge in [-0.3, -0.25) is 0 Å². The maximum Gasteiger partial charge on any atom is 0.416 e. The maximum atomic E-state index is 12.9. The lowest BCUT2D eigenvalue weighted by atomic mass is 9.83. The van der Waals surface area contributed by atoms with Crippen LogP contribution in [0.1, 0.15) is 30.8 Å². The summed E-state index contributed by atoms with van der Waals surface area (Å²) >= 11 is 0. The fourth-order valence-electron chi connectivity index (χ4n) is 2.52. The van der Waals surface area contributed by atoms with Gasteiger partial charge >= 0.3 is 6.18 Å². The Hall–Kier alpha value is -2.64. The largest absolute Gasteiger partial charge is 0.416 e. The molecule has 132 valence electrons. The molecule has 2 heterocycles. The zero-order chi connectivity index (χ0) is 18.2. The van der Waals surface area contributed by atoms with Gasteiger partial charge in [-0.25, -0.2) is 0 Å². The smallest absolute Gasteiger partial charge is 0.368 e. The number of alkyl halides is 3. The summed E-state index contributed by atoms with van der Waals surface area (Å²) in [5.74, 6) is 1.27. The zero-order valence-corrected chi connectivity index (χ0v) is 14.1. The van der Waals surface area contributed by atoms with E-state index in [4.69, 9.17) is 0 Å². The van der Waals surface area contributed by atoms with Crippen LogP contribution in [0.2, 0.25) is 0 Å².